The maximum Gasteiger partial charge on any atom is 0.261 e. The Morgan fingerprint density at radius 2 is 1.50 bits per heavy atom. The van der Waals surface area contributed by atoms with Crippen LogP contribution in [0, 0.1) is 0 Å². The summed E-state index contributed by atoms with van der Waals surface area (Å²) < 4.78 is 6.57. The number of imide groups is 1. The summed E-state index contributed by atoms with van der Waals surface area (Å²) in [5.41, 5.74) is 2.51. The number of hydrogen-bond acceptors (Lipinski definition) is 3. The first kappa shape index (κ1) is 24.7. The fourth-order valence-electron chi connectivity index (χ4n) is 4.31. The van der Waals surface area contributed by atoms with Gasteiger partial charge in [-0.05, 0) is 58.9 Å². The lowest BCUT2D eigenvalue weighted by Gasteiger charge is -2.48. The van der Waals surface area contributed by atoms with Gasteiger partial charge in [-0.2, -0.15) is 0 Å². The molecule has 1 aliphatic rings. The summed E-state index contributed by atoms with van der Waals surface area (Å²) in [6, 6.07) is 17.3. The van der Waals surface area contributed by atoms with E-state index in [2.05, 4.69) is 41.5 Å². The molecule has 0 N–H and O–H groups in total. The largest absolute Gasteiger partial charge is 0.403 e. The van der Waals surface area contributed by atoms with Gasteiger partial charge in [-0.25, -0.2) is 0 Å². The molecule has 2 amide bonds. The Morgan fingerprint density at radius 1 is 0.969 bits per heavy atom. The fourth-order valence-corrected chi connectivity index (χ4v) is 7.20. The third kappa shape index (κ3) is 4.70. The van der Waals surface area contributed by atoms with Gasteiger partial charge in [-0.15, -0.1) is 0 Å². The van der Waals surface area contributed by atoms with E-state index >= 15 is 0 Å². The van der Waals surface area contributed by atoms with Crippen LogP contribution in [-0.2, 0) is 14.6 Å². The molecule has 6 heteroatoms. The number of benzene rings is 2. The summed E-state index contributed by atoms with van der Waals surface area (Å²) in [6.07, 6.45) is -0.625. The zero-order valence-electron chi connectivity index (χ0n) is 19.9. The number of likely N-dealkylation sites (tertiary alicyclic amines) is 1. The Morgan fingerprint density at radius 3 is 1.97 bits per heavy atom. The van der Waals surface area contributed by atoms with Crippen LogP contribution in [0.1, 0.15) is 69.1 Å². The Hall–Kier alpha value is -1.95. The molecule has 0 aromatic heterocycles. The second-order valence-electron chi connectivity index (χ2n) is 9.62. The van der Waals surface area contributed by atoms with Crippen LogP contribution >= 0.6 is 11.6 Å². The summed E-state index contributed by atoms with van der Waals surface area (Å²) >= 11 is 6.09. The van der Waals surface area contributed by atoms with Crippen molar-refractivity contribution in [2.75, 3.05) is 0 Å². The summed E-state index contributed by atoms with van der Waals surface area (Å²) in [5, 5.41) is 0.618. The average Bonchev–Trinajstić information content (AvgIpc) is 2.78. The lowest BCUT2D eigenvalue weighted by atomic mass is 9.86. The highest BCUT2D eigenvalue weighted by Gasteiger charge is 2.54. The van der Waals surface area contributed by atoms with Crippen molar-refractivity contribution in [3.05, 3.63) is 70.2 Å². The van der Waals surface area contributed by atoms with Gasteiger partial charge in [-0.3, -0.25) is 14.5 Å². The quantitative estimate of drug-likeness (QED) is 0.255. The molecule has 1 heterocycles. The Bertz CT molecular complexity index is 954. The van der Waals surface area contributed by atoms with Crippen molar-refractivity contribution in [1.82, 2.24) is 4.90 Å². The number of nitrogens with zero attached hydrogens (tertiary/aromatic N) is 1. The number of halogens is 1. The van der Waals surface area contributed by atoms with Crippen molar-refractivity contribution < 1.29 is 14.0 Å². The third-order valence-electron chi connectivity index (χ3n) is 6.78. The molecule has 0 bridgehead atoms. The van der Waals surface area contributed by atoms with Gasteiger partial charge in [0.15, 0.2) is 14.4 Å². The van der Waals surface area contributed by atoms with E-state index in [-0.39, 0.29) is 17.2 Å². The normalized spacial score (nSPS) is 19.1. The predicted molar refractivity (Wildman–Crippen MR) is 133 cm³/mol. The van der Waals surface area contributed by atoms with Crippen molar-refractivity contribution >= 4 is 31.7 Å². The SMILES string of the molecule is CC[Si](CC)(CC)O[C@@H]1C(=O)N(C(=O)c2ccc(C(C)(C)C)cc2)[C@@H]1c1ccc(Cl)cc1. The van der Waals surface area contributed by atoms with E-state index in [0.29, 0.717) is 10.6 Å². The zero-order valence-corrected chi connectivity index (χ0v) is 21.7. The molecule has 1 fully saturated rings. The highest BCUT2D eigenvalue weighted by molar-refractivity contribution is 6.73. The van der Waals surface area contributed by atoms with Crippen LogP contribution in [0.3, 0.4) is 0 Å². The van der Waals surface area contributed by atoms with Crippen molar-refractivity contribution in [1.29, 1.82) is 0 Å². The molecule has 2 aromatic carbocycles. The van der Waals surface area contributed by atoms with E-state index in [1.807, 2.05) is 36.4 Å². The highest BCUT2D eigenvalue weighted by atomic mass is 35.5. The van der Waals surface area contributed by atoms with E-state index in [1.165, 1.54) is 4.90 Å². The van der Waals surface area contributed by atoms with Crippen molar-refractivity contribution in [3.8, 4) is 0 Å². The molecule has 0 unspecified atom stereocenters. The number of carbonyl (C=O) groups is 2. The van der Waals surface area contributed by atoms with Gasteiger partial charge in [0.2, 0.25) is 0 Å². The summed E-state index contributed by atoms with van der Waals surface area (Å²) in [4.78, 5) is 28.0. The molecule has 172 valence electrons. The van der Waals surface area contributed by atoms with Crippen molar-refractivity contribution in [2.45, 2.75) is 77.2 Å². The van der Waals surface area contributed by atoms with Crippen LogP contribution in [-0.4, -0.2) is 31.1 Å². The van der Waals surface area contributed by atoms with E-state index in [1.54, 1.807) is 12.1 Å². The molecule has 4 nitrogen and oxygen atoms in total. The van der Waals surface area contributed by atoms with Crippen molar-refractivity contribution in [3.63, 3.8) is 0 Å². The van der Waals surface area contributed by atoms with Gasteiger partial charge in [0.1, 0.15) is 0 Å². The molecule has 2 atom stereocenters. The minimum Gasteiger partial charge on any atom is -0.403 e. The van der Waals surface area contributed by atoms with Gasteiger partial charge in [0, 0.05) is 10.6 Å². The summed E-state index contributed by atoms with van der Waals surface area (Å²) in [7, 11) is -2.03. The maximum absolute atomic E-state index is 13.4. The molecule has 1 aliphatic heterocycles. The number of carbonyl (C=O) groups excluding carboxylic acids is 2. The van der Waals surface area contributed by atoms with Gasteiger partial charge in [0.25, 0.3) is 11.8 Å². The smallest absolute Gasteiger partial charge is 0.261 e. The topological polar surface area (TPSA) is 46.6 Å². The van der Waals surface area contributed by atoms with Crippen LogP contribution in [0.5, 0.6) is 0 Å². The van der Waals surface area contributed by atoms with E-state index in [9.17, 15) is 9.59 Å². The van der Waals surface area contributed by atoms with Crippen LogP contribution < -0.4 is 0 Å². The van der Waals surface area contributed by atoms with E-state index in [0.717, 1.165) is 29.3 Å². The highest BCUT2D eigenvalue weighted by Crippen LogP contribution is 2.41. The molecule has 32 heavy (non-hydrogen) atoms. The Kier molecular flexibility index (Phi) is 7.33. The zero-order chi connectivity index (χ0) is 23.7. The first-order valence-electron chi connectivity index (χ1n) is 11.5. The second kappa shape index (κ2) is 9.50. The number of β-lactam (4-membered cyclic amide) rings is 1. The monoisotopic (exact) mass is 471 g/mol. The first-order valence-corrected chi connectivity index (χ1v) is 14.4. The van der Waals surface area contributed by atoms with Gasteiger partial charge in [0.05, 0.1) is 6.04 Å². The molecule has 2 aromatic rings. The maximum atomic E-state index is 13.4. The van der Waals surface area contributed by atoms with Crippen LogP contribution in [0.4, 0.5) is 0 Å². The molecular weight excluding hydrogens is 438 g/mol. The third-order valence-corrected chi connectivity index (χ3v) is 11.7. The number of hydrogen-bond donors (Lipinski definition) is 0. The van der Waals surface area contributed by atoms with Crippen LogP contribution in [0.15, 0.2) is 48.5 Å². The minimum absolute atomic E-state index is 0.00660. The van der Waals surface area contributed by atoms with Crippen LogP contribution in [0.2, 0.25) is 23.2 Å². The number of amides is 2. The molecule has 0 saturated carbocycles. The number of rotatable bonds is 7. The lowest BCUT2D eigenvalue weighted by molar-refractivity contribution is -0.158. The Balaban J connectivity index is 1.94. The molecule has 0 radical (unpaired) electrons. The fraction of sp³-hybridized carbons (Fsp3) is 0.462. The second-order valence-corrected chi connectivity index (χ2v) is 14.8. The van der Waals surface area contributed by atoms with Gasteiger partial charge in [-0.1, -0.05) is 77.4 Å². The first-order chi connectivity index (χ1) is 15.1. The average molecular weight is 472 g/mol. The lowest BCUT2D eigenvalue weighted by Crippen LogP contribution is -2.64. The van der Waals surface area contributed by atoms with E-state index in [4.69, 9.17) is 16.0 Å². The Labute approximate surface area is 198 Å². The predicted octanol–water partition coefficient (Wildman–Crippen LogP) is 6.75. The van der Waals surface area contributed by atoms with Gasteiger partial charge >= 0.3 is 0 Å². The molecule has 0 aliphatic carbocycles. The molecule has 0 spiro atoms. The summed E-state index contributed by atoms with van der Waals surface area (Å²) in [5.74, 6) is -0.533. The van der Waals surface area contributed by atoms with Crippen molar-refractivity contribution in [2.24, 2.45) is 0 Å². The molecular formula is C26H34ClNO3Si. The van der Waals surface area contributed by atoms with Crippen LogP contribution in [0.25, 0.3) is 0 Å². The molecule has 3 rings (SSSR count). The standard InChI is InChI=1S/C26H34ClNO3Si/c1-7-32(8-2,9-3)31-23-22(18-12-16-21(27)17-13-18)28(25(23)30)24(29)19-10-14-20(15-11-19)26(4,5)6/h10-17,22-23H,7-9H2,1-6H3/t22-,23+/m1/s1. The minimum atomic E-state index is -2.03. The molecule has 1 saturated heterocycles. The van der Waals surface area contributed by atoms with Gasteiger partial charge < -0.3 is 4.43 Å². The van der Waals surface area contributed by atoms with E-state index < -0.39 is 20.5 Å². The summed E-state index contributed by atoms with van der Waals surface area (Å²) in [6.45, 7) is 12.8.